The minimum absolute atomic E-state index is 0.0716. The van der Waals surface area contributed by atoms with Crippen LogP contribution in [0.1, 0.15) is 29.9 Å². The fraction of sp³-hybridized carbons (Fsp3) is 0.231. The van der Waals surface area contributed by atoms with E-state index in [0.29, 0.717) is 37.0 Å². The average Bonchev–Trinajstić information content (AvgIpc) is 3.51. The molecule has 2 N–H and O–H groups in total. The van der Waals surface area contributed by atoms with E-state index >= 15 is 4.79 Å². The molecular weight excluding hydrogens is 776 g/mol. The molecule has 4 aliphatic rings. The van der Waals surface area contributed by atoms with Crippen LogP contribution in [0.4, 0.5) is 15.8 Å². The highest BCUT2D eigenvalue weighted by atomic mass is 79.9. The molecule has 2 heterocycles. The number of halogens is 4. The van der Waals surface area contributed by atoms with Crippen molar-refractivity contribution in [2.45, 2.75) is 24.2 Å². The molecule has 52 heavy (non-hydrogen) atoms. The highest BCUT2D eigenvalue weighted by Crippen LogP contribution is 2.64. The molecule has 0 bridgehead atoms. The average molecular weight is 805 g/mol. The van der Waals surface area contributed by atoms with Gasteiger partial charge in [-0.1, -0.05) is 47.0 Å². The third-order valence-electron chi connectivity index (χ3n) is 10.9. The Balaban J connectivity index is 1.35. The van der Waals surface area contributed by atoms with Crippen LogP contribution in [0, 0.1) is 29.5 Å². The predicted octanol–water partition coefficient (Wildman–Crippen LogP) is 7.80. The molecule has 4 amide bonds. The summed E-state index contributed by atoms with van der Waals surface area (Å²) in [6.07, 6.45) is 2.23. The van der Waals surface area contributed by atoms with E-state index in [0.717, 1.165) is 10.6 Å². The first-order chi connectivity index (χ1) is 24.9. The zero-order valence-corrected chi connectivity index (χ0v) is 30.5. The lowest BCUT2D eigenvalue weighted by Crippen LogP contribution is -2.53. The van der Waals surface area contributed by atoms with Crippen molar-refractivity contribution in [2.75, 3.05) is 17.4 Å². The number of benzene rings is 4. The number of aromatic hydroxyl groups is 1. The van der Waals surface area contributed by atoms with Gasteiger partial charge in [0.15, 0.2) is 11.5 Å². The van der Waals surface area contributed by atoms with Crippen LogP contribution in [-0.4, -0.2) is 40.9 Å². The molecule has 6 atom stereocenters. The summed E-state index contributed by atoms with van der Waals surface area (Å²) >= 11 is 15.9. The van der Waals surface area contributed by atoms with Crippen molar-refractivity contribution in [3.8, 4) is 11.5 Å². The number of amides is 4. The molecule has 9 nitrogen and oxygen atoms in total. The number of anilines is 2. The third kappa shape index (κ3) is 5.08. The molecule has 6 unspecified atom stereocenters. The first-order valence-corrected chi connectivity index (χ1v) is 18.1. The Morgan fingerprint density at radius 2 is 1.54 bits per heavy atom. The second-order valence-corrected chi connectivity index (χ2v) is 15.1. The summed E-state index contributed by atoms with van der Waals surface area (Å²) in [6, 6.07) is 21.8. The Hall–Kier alpha value is -4.71. The second kappa shape index (κ2) is 12.8. The monoisotopic (exact) mass is 803 g/mol. The highest BCUT2D eigenvalue weighted by molar-refractivity contribution is 9.10. The number of hydrogen-bond acceptors (Lipinski definition) is 7. The second-order valence-electron chi connectivity index (χ2n) is 13.4. The molecule has 13 heteroatoms. The number of hydrogen-bond donors (Lipinski definition) is 2. The van der Waals surface area contributed by atoms with E-state index in [4.69, 9.17) is 27.9 Å². The van der Waals surface area contributed by atoms with Crippen LogP contribution >= 0.6 is 39.1 Å². The SMILES string of the molecule is COc1cc(C2C3=CCC4C(=O)N(c5ccc(Cl)cc5)C(=O)C4C3CC3C(=O)N(Nc4ccc(F)cc4)C(=O)C32c2ccc(Cl)cc2)cc(Br)c1O. The van der Waals surface area contributed by atoms with E-state index in [1.807, 2.05) is 6.08 Å². The van der Waals surface area contributed by atoms with E-state index in [9.17, 15) is 23.9 Å². The summed E-state index contributed by atoms with van der Waals surface area (Å²) in [6.45, 7) is 0. The summed E-state index contributed by atoms with van der Waals surface area (Å²) < 4.78 is 19.7. The number of ether oxygens (including phenoxy) is 1. The maximum atomic E-state index is 15.3. The maximum Gasteiger partial charge on any atom is 0.260 e. The predicted molar refractivity (Wildman–Crippen MR) is 195 cm³/mol. The van der Waals surface area contributed by atoms with Crippen molar-refractivity contribution in [3.05, 3.63) is 128 Å². The standard InChI is InChI=1S/C39H29BrCl2FN3O6/c1-52-31-17-19(16-30(40)34(31)47)33-26-14-15-27-32(37(50)45(35(27)48)25-12-6-22(42)7-13-25)28(26)18-29-36(49)46(44-24-10-8-23(43)9-11-24)38(51)39(29,33)20-2-4-21(41)5-3-20/h2-14,16-17,27-29,32-33,44,47H,15,18H2,1H3. The molecule has 4 aromatic rings. The topological polar surface area (TPSA) is 116 Å². The zero-order chi connectivity index (χ0) is 36.6. The van der Waals surface area contributed by atoms with E-state index in [-0.39, 0.29) is 30.2 Å². The number of hydrazine groups is 1. The van der Waals surface area contributed by atoms with Gasteiger partial charge in [-0.05, 0) is 119 Å². The van der Waals surface area contributed by atoms with Crippen molar-refractivity contribution in [1.82, 2.24) is 5.01 Å². The van der Waals surface area contributed by atoms with Crippen LogP contribution in [0.3, 0.4) is 0 Å². The number of phenols is 1. The van der Waals surface area contributed by atoms with E-state index in [2.05, 4.69) is 21.4 Å². The number of phenolic OH excluding ortho intramolecular Hbond substituents is 1. The van der Waals surface area contributed by atoms with Crippen molar-refractivity contribution in [3.63, 3.8) is 0 Å². The minimum Gasteiger partial charge on any atom is -0.503 e. The molecule has 2 aliphatic carbocycles. The summed E-state index contributed by atoms with van der Waals surface area (Å²) in [5, 5.41) is 12.7. The lowest BCUT2D eigenvalue weighted by atomic mass is 9.49. The lowest BCUT2D eigenvalue weighted by Gasteiger charge is -2.50. The number of nitrogens with one attached hydrogen (secondary N) is 1. The van der Waals surface area contributed by atoms with Crippen LogP contribution in [0.2, 0.25) is 10.0 Å². The van der Waals surface area contributed by atoms with Gasteiger partial charge >= 0.3 is 0 Å². The van der Waals surface area contributed by atoms with Crippen molar-refractivity contribution in [1.29, 1.82) is 0 Å². The van der Waals surface area contributed by atoms with Crippen molar-refractivity contribution < 1.29 is 33.4 Å². The Labute approximate surface area is 316 Å². The van der Waals surface area contributed by atoms with Crippen LogP contribution in [0.15, 0.2) is 101 Å². The number of rotatable bonds is 6. The summed E-state index contributed by atoms with van der Waals surface area (Å²) in [7, 11) is 1.41. The van der Waals surface area contributed by atoms with E-state index in [1.165, 1.54) is 36.3 Å². The number of nitrogens with zero attached hydrogens (tertiary/aromatic N) is 2. The first-order valence-electron chi connectivity index (χ1n) is 16.5. The van der Waals surface area contributed by atoms with Crippen LogP contribution in [-0.2, 0) is 24.6 Å². The van der Waals surface area contributed by atoms with Crippen molar-refractivity contribution in [2.24, 2.45) is 23.7 Å². The van der Waals surface area contributed by atoms with Gasteiger partial charge in [0.2, 0.25) is 11.8 Å². The van der Waals surface area contributed by atoms with Gasteiger partial charge in [0.05, 0.1) is 46.1 Å². The Kier molecular flexibility index (Phi) is 8.43. The van der Waals surface area contributed by atoms with Crippen LogP contribution in [0.25, 0.3) is 0 Å². The van der Waals surface area contributed by atoms with Gasteiger partial charge in [0.1, 0.15) is 5.82 Å². The summed E-state index contributed by atoms with van der Waals surface area (Å²) in [4.78, 5) is 59.7. The minimum atomic E-state index is -1.59. The molecule has 2 aliphatic heterocycles. The smallest absolute Gasteiger partial charge is 0.260 e. The molecular formula is C39H29BrCl2FN3O6. The lowest BCUT2D eigenvalue weighted by molar-refractivity contribution is -0.138. The van der Waals surface area contributed by atoms with E-state index in [1.54, 1.807) is 60.7 Å². The number of carbonyl (C=O) groups is 4. The highest BCUT2D eigenvalue weighted by Gasteiger charge is 2.70. The molecule has 4 aromatic carbocycles. The molecule has 0 radical (unpaired) electrons. The van der Waals surface area contributed by atoms with Crippen LogP contribution in [0.5, 0.6) is 11.5 Å². The first kappa shape index (κ1) is 34.4. The van der Waals surface area contributed by atoms with Gasteiger partial charge in [0.25, 0.3) is 11.8 Å². The van der Waals surface area contributed by atoms with E-state index < -0.39 is 58.5 Å². The third-order valence-corrected chi connectivity index (χ3v) is 12.1. The number of fused-ring (bicyclic) bond motifs is 4. The Bertz CT molecular complexity index is 2200. The van der Waals surface area contributed by atoms with Gasteiger partial charge in [-0.3, -0.25) is 29.5 Å². The molecule has 0 spiro atoms. The van der Waals surface area contributed by atoms with Gasteiger partial charge in [-0.2, -0.15) is 5.01 Å². The summed E-state index contributed by atoms with van der Waals surface area (Å²) in [5.74, 6) is -6.43. The largest absolute Gasteiger partial charge is 0.503 e. The fourth-order valence-electron chi connectivity index (χ4n) is 8.79. The molecule has 264 valence electrons. The molecule has 1 saturated carbocycles. The number of methoxy groups -OCH3 is 1. The Morgan fingerprint density at radius 1 is 0.885 bits per heavy atom. The number of imide groups is 2. The maximum absolute atomic E-state index is 15.3. The quantitative estimate of drug-likeness (QED) is 0.151. The van der Waals surface area contributed by atoms with Gasteiger partial charge in [-0.25, -0.2) is 4.39 Å². The van der Waals surface area contributed by atoms with Gasteiger partial charge in [-0.15, -0.1) is 0 Å². The normalized spacial score (nSPS) is 26.6. The summed E-state index contributed by atoms with van der Waals surface area (Å²) in [5.41, 5.74) is 3.81. The number of carbonyl (C=O) groups excluding carboxylic acids is 4. The fourth-order valence-corrected chi connectivity index (χ4v) is 9.50. The van der Waals surface area contributed by atoms with Crippen molar-refractivity contribution >= 4 is 74.1 Å². The molecule has 0 aromatic heterocycles. The van der Waals surface area contributed by atoms with Gasteiger partial charge in [0, 0.05) is 16.0 Å². The Morgan fingerprint density at radius 3 is 2.19 bits per heavy atom. The van der Waals surface area contributed by atoms with Gasteiger partial charge < -0.3 is 9.84 Å². The molecule has 3 fully saturated rings. The molecule has 2 saturated heterocycles. The van der Waals surface area contributed by atoms with Crippen LogP contribution < -0.4 is 15.1 Å². The molecule has 8 rings (SSSR count). The number of allylic oxidation sites excluding steroid dienone is 2. The zero-order valence-electron chi connectivity index (χ0n) is 27.4.